The highest BCUT2D eigenvalue weighted by Crippen LogP contribution is 2.57. The molecule has 21 heavy (non-hydrogen) atoms. The summed E-state index contributed by atoms with van der Waals surface area (Å²) in [6, 6.07) is 11.2. The molecule has 0 spiro atoms. The SMILES string of the molecule is CC(C)C1CCC(C)C(P(Cc2ccccc2)C(C)C)C1. The van der Waals surface area contributed by atoms with Crippen LogP contribution >= 0.6 is 7.92 Å². The quantitative estimate of drug-likeness (QED) is 0.542. The molecule has 0 heterocycles. The van der Waals surface area contributed by atoms with E-state index in [9.17, 15) is 0 Å². The summed E-state index contributed by atoms with van der Waals surface area (Å²) in [5.74, 6) is 2.75. The molecule has 0 saturated heterocycles. The fraction of sp³-hybridized carbons (Fsp3) is 0.700. The average Bonchev–Trinajstić information content (AvgIpc) is 2.46. The van der Waals surface area contributed by atoms with E-state index in [2.05, 4.69) is 65.0 Å². The lowest BCUT2D eigenvalue weighted by molar-refractivity contribution is 0.239. The molecule has 1 fully saturated rings. The summed E-state index contributed by atoms with van der Waals surface area (Å²) in [7, 11) is 0.0951. The van der Waals surface area contributed by atoms with Gasteiger partial charge < -0.3 is 0 Å². The van der Waals surface area contributed by atoms with Gasteiger partial charge in [-0.25, -0.2) is 0 Å². The van der Waals surface area contributed by atoms with Crippen LogP contribution in [0.25, 0.3) is 0 Å². The average molecular weight is 304 g/mol. The maximum Gasteiger partial charge on any atom is -0.00682 e. The van der Waals surface area contributed by atoms with Crippen molar-refractivity contribution in [3.8, 4) is 0 Å². The highest BCUT2D eigenvalue weighted by Gasteiger charge is 2.35. The van der Waals surface area contributed by atoms with E-state index >= 15 is 0 Å². The highest BCUT2D eigenvalue weighted by molar-refractivity contribution is 7.58. The molecule has 0 amide bonds. The number of rotatable bonds is 5. The Morgan fingerprint density at radius 3 is 2.29 bits per heavy atom. The van der Waals surface area contributed by atoms with Crippen LogP contribution in [-0.4, -0.2) is 11.3 Å². The van der Waals surface area contributed by atoms with Gasteiger partial charge in [0.05, 0.1) is 0 Å². The van der Waals surface area contributed by atoms with Crippen LogP contribution in [0.5, 0.6) is 0 Å². The van der Waals surface area contributed by atoms with E-state index in [1.165, 1.54) is 25.4 Å². The van der Waals surface area contributed by atoms with Crippen LogP contribution in [-0.2, 0) is 6.16 Å². The lowest BCUT2D eigenvalue weighted by Gasteiger charge is -2.42. The molecule has 1 aromatic carbocycles. The first kappa shape index (κ1) is 17.0. The number of hydrogen-bond donors (Lipinski definition) is 0. The Kier molecular flexibility index (Phi) is 6.30. The van der Waals surface area contributed by atoms with Crippen molar-refractivity contribution in [2.45, 2.75) is 71.4 Å². The van der Waals surface area contributed by atoms with E-state index in [1.807, 2.05) is 0 Å². The molecule has 1 aromatic rings. The number of hydrogen-bond acceptors (Lipinski definition) is 0. The molecule has 0 bridgehead atoms. The zero-order valence-corrected chi connectivity index (χ0v) is 15.4. The van der Waals surface area contributed by atoms with Crippen molar-refractivity contribution in [3.63, 3.8) is 0 Å². The van der Waals surface area contributed by atoms with Gasteiger partial charge in [0.15, 0.2) is 0 Å². The van der Waals surface area contributed by atoms with Crippen molar-refractivity contribution in [2.24, 2.45) is 17.8 Å². The van der Waals surface area contributed by atoms with Crippen LogP contribution in [0.2, 0.25) is 0 Å². The van der Waals surface area contributed by atoms with Crippen LogP contribution in [0.15, 0.2) is 30.3 Å². The van der Waals surface area contributed by atoms with Gasteiger partial charge in [0.25, 0.3) is 0 Å². The molecule has 1 aliphatic carbocycles. The fourth-order valence-corrected chi connectivity index (χ4v) is 7.22. The Morgan fingerprint density at radius 2 is 1.71 bits per heavy atom. The third kappa shape index (κ3) is 4.56. The summed E-state index contributed by atoms with van der Waals surface area (Å²) in [6.45, 7) is 12.3. The molecular weight excluding hydrogens is 271 g/mol. The van der Waals surface area contributed by atoms with Gasteiger partial charge in [0, 0.05) is 0 Å². The predicted molar refractivity (Wildman–Crippen MR) is 97.3 cm³/mol. The van der Waals surface area contributed by atoms with Crippen molar-refractivity contribution in [2.75, 3.05) is 0 Å². The molecule has 1 aliphatic rings. The standard InChI is InChI=1S/C20H33P/c1-15(2)19-12-11-17(5)20(13-19)21(16(3)4)14-18-9-7-6-8-10-18/h6-10,15-17,19-20H,11-14H2,1-5H3. The molecule has 1 saturated carbocycles. The molecule has 0 nitrogen and oxygen atoms in total. The zero-order valence-electron chi connectivity index (χ0n) is 14.5. The van der Waals surface area contributed by atoms with Gasteiger partial charge >= 0.3 is 0 Å². The smallest absolute Gasteiger partial charge is 0.00682 e. The second-order valence-corrected chi connectivity index (χ2v) is 10.7. The van der Waals surface area contributed by atoms with Crippen LogP contribution in [0.1, 0.15) is 59.4 Å². The molecule has 4 atom stereocenters. The topological polar surface area (TPSA) is 0 Å². The van der Waals surface area contributed by atoms with Crippen molar-refractivity contribution in [1.29, 1.82) is 0 Å². The number of benzene rings is 1. The monoisotopic (exact) mass is 304 g/mol. The van der Waals surface area contributed by atoms with Crippen LogP contribution in [0.4, 0.5) is 0 Å². The zero-order chi connectivity index (χ0) is 15.4. The summed E-state index contributed by atoms with van der Waals surface area (Å²) in [6.07, 6.45) is 5.72. The molecule has 4 unspecified atom stereocenters. The van der Waals surface area contributed by atoms with E-state index in [-0.39, 0.29) is 7.92 Å². The molecule has 1 heteroatoms. The Hall–Kier alpha value is -0.350. The van der Waals surface area contributed by atoms with E-state index in [1.54, 1.807) is 5.56 Å². The first-order valence-corrected chi connectivity index (χ1v) is 10.4. The maximum atomic E-state index is 2.52. The van der Waals surface area contributed by atoms with E-state index in [0.29, 0.717) is 0 Å². The Labute approximate surface area is 133 Å². The second kappa shape index (κ2) is 7.77. The summed E-state index contributed by atoms with van der Waals surface area (Å²) >= 11 is 0. The van der Waals surface area contributed by atoms with Crippen molar-refractivity contribution in [1.82, 2.24) is 0 Å². The van der Waals surface area contributed by atoms with E-state index in [0.717, 1.165) is 29.1 Å². The van der Waals surface area contributed by atoms with Crippen molar-refractivity contribution >= 4 is 7.92 Å². The Balaban J connectivity index is 2.12. The van der Waals surface area contributed by atoms with Crippen molar-refractivity contribution in [3.05, 3.63) is 35.9 Å². The minimum absolute atomic E-state index is 0.0951. The molecule has 118 valence electrons. The lowest BCUT2D eigenvalue weighted by atomic mass is 9.77. The molecular formula is C20H33P. The minimum atomic E-state index is 0.0951. The third-order valence-corrected chi connectivity index (χ3v) is 9.06. The van der Waals surface area contributed by atoms with Gasteiger partial charge in [-0.2, -0.15) is 0 Å². The van der Waals surface area contributed by atoms with Gasteiger partial charge in [-0.1, -0.05) is 72.9 Å². The van der Waals surface area contributed by atoms with Gasteiger partial charge in [0.1, 0.15) is 0 Å². The van der Waals surface area contributed by atoms with Gasteiger partial charge in [-0.05, 0) is 60.1 Å². The summed E-state index contributed by atoms with van der Waals surface area (Å²) < 4.78 is 0. The molecule has 2 rings (SSSR count). The molecule has 0 radical (unpaired) electrons. The van der Waals surface area contributed by atoms with Gasteiger partial charge in [-0.15, -0.1) is 0 Å². The second-order valence-electron chi connectivity index (χ2n) is 7.61. The van der Waals surface area contributed by atoms with Crippen LogP contribution in [0.3, 0.4) is 0 Å². The Bertz CT molecular complexity index is 409. The third-order valence-electron chi connectivity index (χ3n) is 5.43. The van der Waals surface area contributed by atoms with Gasteiger partial charge in [-0.3, -0.25) is 0 Å². The maximum absolute atomic E-state index is 2.52. The largest absolute Gasteiger partial charge is 0.0961 e. The van der Waals surface area contributed by atoms with Crippen LogP contribution in [0, 0.1) is 17.8 Å². The summed E-state index contributed by atoms with van der Waals surface area (Å²) in [5.41, 5.74) is 3.37. The first-order chi connectivity index (χ1) is 9.99. The predicted octanol–water partition coefficient (Wildman–Crippen LogP) is 6.54. The summed E-state index contributed by atoms with van der Waals surface area (Å²) in [4.78, 5) is 0. The molecule has 0 aliphatic heterocycles. The Morgan fingerprint density at radius 1 is 1.05 bits per heavy atom. The van der Waals surface area contributed by atoms with E-state index in [4.69, 9.17) is 0 Å². The lowest BCUT2D eigenvalue weighted by Crippen LogP contribution is -2.30. The highest BCUT2D eigenvalue weighted by atomic mass is 31.1. The van der Waals surface area contributed by atoms with Crippen LogP contribution < -0.4 is 0 Å². The first-order valence-electron chi connectivity index (χ1n) is 8.78. The van der Waals surface area contributed by atoms with Gasteiger partial charge in [0.2, 0.25) is 0 Å². The normalized spacial score (nSPS) is 28.0. The van der Waals surface area contributed by atoms with E-state index < -0.39 is 0 Å². The summed E-state index contributed by atoms with van der Waals surface area (Å²) in [5, 5.41) is 0. The minimum Gasteiger partial charge on any atom is -0.0961 e. The van der Waals surface area contributed by atoms with Crippen molar-refractivity contribution < 1.29 is 0 Å². The molecule has 0 N–H and O–H groups in total. The fourth-order valence-electron chi connectivity index (χ4n) is 3.87. The molecule has 0 aromatic heterocycles.